The summed E-state index contributed by atoms with van der Waals surface area (Å²) in [5, 5.41) is 1.32. The molecule has 0 saturated carbocycles. The van der Waals surface area contributed by atoms with Crippen LogP contribution in [0.1, 0.15) is 30.6 Å². The minimum Gasteiger partial charge on any atom is -0.469 e. The maximum absolute atomic E-state index is 12.5. The number of ether oxygens (including phenoxy) is 1. The summed E-state index contributed by atoms with van der Waals surface area (Å²) in [6, 6.07) is 9.20. The van der Waals surface area contributed by atoms with E-state index in [1.54, 1.807) is 0 Å². The molecule has 4 heteroatoms. The summed E-state index contributed by atoms with van der Waals surface area (Å²) in [7, 11) is 1.52. The zero-order chi connectivity index (χ0) is 16.4. The first-order chi connectivity index (χ1) is 11.7. The normalized spacial score (nSPS) is 35.2. The number of rotatable bonds is 1. The maximum Gasteiger partial charge on any atom is 0.310 e. The third-order valence-electron chi connectivity index (χ3n) is 6.43. The van der Waals surface area contributed by atoms with Crippen LogP contribution in [-0.2, 0) is 16.0 Å². The lowest BCUT2D eigenvalue weighted by molar-refractivity contribution is -0.157. The van der Waals surface area contributed by atoms with Crippen molar-refractivity contribution in [3.05, 3.63) is 47.2 Å². The van der Waals surface area contributed by atoms with Gasteiger partial charge in [-0.15, -0.1) is 0 Å². The second-order valence-corrected chi connectivity index (χ2v) is 7.28. The molecule has 3 fully saturated rings. The number of methoxy groups -OCH3 is 1. The Balaban J connectivity index is 1.67. The fourth-order valence-electron chi connectivity index (χ4n) is 5.39. The Hall–Kier alpha value is -2.07. The number of esters is 1. The predicted octanol–water partition coefficient (Wildman–Crippen LogP) is 3.20. The van der Waals surface area contributed by atoms with E-state index in [2.05, 4.69) is 47.1 Å². The lowest BCUT2D eigenvalue weighted by atomic mass is 9.64. The van der Waals surface area contributed by atoms with E-state index < -0.39 is 0 Å². The number of H-pyrrole nitrogens is 1. The van der Waals surface area contributed by atoms with E-state index in [9.17, 15) is 4.79 Å². The minimum absolute atomic E-state index is 0.0342. The van der Waals surface area contributed by atoms with E-state index in [0.717, 1.165) is 19.4 Å². The Morgan fingerprint density at radius 2 is 2.21 bits per heavy atom. The van der Waals surface area contributed by atoms with Gasteiger partial charge in [-0.05, 0) is 37.3 Å². The number of piperidine rings is 3. The number of benzene rings is 1. The molecule has 6 rings (SSSR count). The van der Waals surface area contributed by atoms with Gasteiger partial charge in [0.25, 0.3) is 0 Å². The van der Waals surface area contributed by atoms with Crippen LogP contribution in [0.15, 0.2) is 35.9 Å². The fraction of sp³-hybridized carbons (Fsp3) is 0.450. The topological polar surface area (TPSA) is 45.3 Å². The second-order valence-electron chi connectivity index (χ2n) is 7.28. The van der Waals surface area contributed by atoms with Gasteiger partial charge in [-0.1, -0.05) is 29.8 Å². The van der Waals surface area contributed by atoms with Crippen LogP contribution in [-0.4, -0.2) is 35.5 Å². The smallest absolute Gasteiger partial charge is 0.310 e. The molecule has 0 spiro atoms. The van der Waals surface area contributed by atoms with Crippen molar-refractivity contribution >= 4 is 16.9 Å². The monoisotopic (exact) mass is 322 g/mol. The van der Waals surface area contributed by atoms with Crippen LogP contribution in [0.2, 0.25) is 0 Å². The first kappa shape index (κ1) is 14.3. The summed E-state index contributed by atoms with van der Waals surface area (Å²) in [5.41, 5.74) is 5.40. The number of nitrogens with one attached hydrogen (secondary N) is 1. The van der Waals surface area contributed by atoms with E-state index in [1.807, 2.05) is 0 Å². The molecular weight excluding hydrogens is 300 g/mol. The van der Waals surface area contributed by atoms with Crippen LogP contribution < -0.4 is 0 Å². The Bertz CT molecular complexity index is 866. The molecule has 5 heterocycles. The highest BCUT2D eigenvalue weighted by Gasteiger charge is 2.55. The molecule has 4 nitrogen and oxygen atoms in total. The summed E-state index contributed by atoms with van der Waals surface area (Å²) < 4.78 is 5.18. The van der Waals surface area contributed by atoms with Gasteiger partial charge < -0.3 is 9.72 Å². The molecule has 2 aromatic rings. The molecule has 0 aliphatic carbocycles. The molecule has 3 saturated heterocycles. The molecule has 1 aromatic carbocycles. The second kappa shape index (κ2) is 4.96. The summed E-state index contributed by atoms with van der Waals surface area (Å²) in [6.45, 7) is 3.08. The quantitative estimate of drug-likeness (QED) is 0.648. The van der Waals surface area contributed by atoms with Crippen molar-refractivity contribution < 1.29 is 9.53 Å². The van der Waals surface area contributed by atoms with Gasteiger partial charge in [-0.3, -0.25) is 9.69 Å². The molecular formula is C20H22N2O2. The molecule has 4 aliphatic rings. The number of aromatic nitrogens is 1. The number of carbonyl (C=O) groups is 1. The van der Waals surface area contributed by atoms with E-state index >= 15 is 0 Å². The van der Waals surface area contributed by atoms with E-state index in [0.29, 0.717) is 12.0 Å². The Kier molecular flexibility index (Phi) is 2.95. The predicted molar refractivity (Wildman–Crippen MR) is 92.6 cm³/mol. The summed E-state index contributed by atoms with van der Waals surface area (Å²) in [5.74, 6) is 0.241. The molecule has 0 amide bonds. The maximum atomic E-state index is 12.5. The summed E-state index contributed by atoms with van der Waals surface area (Å²) in [4.78, 5) is 18.8. The van der Waals surface area contributed by atoms with Crippen molar-refractivity contribution in [1.29, 1.82) is 0 Å². The highest BCUT2D eigenvalue weighted by molar-refractivity contribution is 5.86. The summed E-state index contributed by atoms with van der Waals surface area (Å²) in [6.07, 6.45) is 4.15. The van der Waals surface area contributed by atoms with Crippen molar-refractivity contribution in [1.82, 2.24) is 9.88 Å². The number of hydrogen-bond acceptors (Lipinski definition) is 3. The minimum atomic E-state index is -0.0456. The van der Waals surface area contributed by atoms with Gasteiger partial charge in [0.05, 0.1) is 19.1 Å². The van der Waals surface area contributed by atoms with Crippen LogP contribution in [0.4, 0.5) is 0 Å². The van der Waals surface area contributed by atoms with E-state index in [4.69, 9.17) is 4.74 Å². The van der Waals surface area contributed by atoms with Crippen LogP contribution in [0.5, 0.6) is 0 Å². The van der Waals surface area contributed by atoms with Gasteiger partial charge in [0, 0.05) is 29.2 Å². The van der Waals surface area contributed by atoms with Gasteiger partial charge >= 0.3 is 5.97 Å². The average molecular weight is 322 g/mol. The lowest BCUT2D eigenvalue weighted by Crippen LogP contribution is -2.62. The standard InChI is InChI=1S/C20H22N2O2/c1-3-11-10-22-16-9-14-12-6-4-5-7-15(12)21-19(14)17(22)8-13(11)18(16)20(23)24-2/h3-7,13,16-18,21H,8-10H2,1-2H3/b11-3+/t13-,16-,17-,18+/m0/s1. The van der Waals surface area contributed by atoms with Gasteiger partial charge in [-0.25, -0.2) is 0 Å². The molecule has 4 aliphatic heterocycles. The van der Waals surface area contributed by atoms with Crippen molar-refractivity contribution in [2.45, 2.75) is 31.8 Å². The van der Waals surface area contributed by atoms with Crippen molar-refractivity contribution in [3.8, 4) is 0 Å². The van der Waals surface area contributed by atoms with E-state index in [1.165, 1.54) is 34.8 Å². The molecule has 24 heavy (non-hydrogen) atoms. The fourth-order valence-corrected chi connectivity index (χ4v) is 5.39. The number of hydrogen-bond donors (Lipinski definition) is 1. The largest absolute Gasteiger partial charge is 0.469 e. The Labute approximate surface area is 141 Å². The zero-order valence-electron chi connectivity index (χ0n) is 14.1. The Morgan fingerprint density at radius 1 is 1.38 bits per heavy atom. The van der Waals surface area contributed by atoms with Gasteiger partial charge in [0.2, 0.25) is 0 Å². The van der Waals surface area contributed by atoms with Crippen molar-refractivity contribution in [2.75, 3.05) is 13.7 Å². The Morgan fingerprint density at radius 3 is 3.00 bits per heavy atom. The van der Waals surface area contributed by atoms with E-state index in [-0.39, 0.29) is 17.9 Å². The molecule has 5 atom stereocenters. The number of para-hydroxylation sites is 1. The number of allylic oxidation sites excluding steroid dienone is 1. The third kappa shape index (κ3) is 1.69. The number of carbonyl (C=O) groups excluding carboxylic acids is 1. The number of aromatic amines is 1. The first-order valence-corrected chi connectivity index (χ1v) is 8.81. The molecule has 124 valence electrons. The lowest BCUT2D eigenvalue weighted by Gasteiger charge is -2.57. The van der Waals surface area contributed by atoms with Crippen molar-refractivity contribution in [3.63, 3.8) is 0 Å². The molecule has 4 bridgehead atoms. The molecule has 1 unspecified atom stereocenters. The van der Waals surface area contributed by atoms with Gasteiger partial charge in [0.1, 0.15) is 0 Å². The molecule has 0 radical (unpaired) electrons. The molecule has 1 aromatic heterocycles. The average Bonchev–Trinajstić information content (AvgIpc) is 2.99. The first-order valence-electron chi connectivity index (χ1n) is 8.81. The highest BCUT2D eigenvalue weighted by atomic mass is 16.5. The zero-order valence-corrected chi connectivity index (χ0v) is 14.1. The summed E-state index contributed by atoms with van der Waals surface area (Å²) >= 11 is 0. The number of nitrogens with zero attached hydrogens (tertiary/aromatic N) is 1. The molecule has 1 N–H and O–H groups in total. The highest BCUT2D eigenvalue weighted by Crippen LogP contribution is 2.54. The number of fused-ring (bicyclic) bond motifs is 4. The van der Waals surface area contributed by atoms with Crippen molar-refractivity contribution in [2.24, 2.45) is 11.8 Å². The van der Waals surface area contributed by atoms with Crippen LogP contribution in [0.25, 0.3) is 10.9 Å². The van der Waals surface area contributed by atoms with Crippen LogP contribution in [0.3, 0.4) is 0 Å². The third-order valence-corrected chi connectivity index (χ3v) is 6.43. The van der Waals surface area contributed by atoms with Gasteiger partial charge in [-0.2, -0.15) is 0 Å². The SMILES string of the molecule is C/C=C1\CN2[C@H]3C[C@@H]1[C@@H](C(=O)OC)[C@@H]2Cc1c3[nH]c2ccccc12. The van der Waals surface area contributed by atoms with Crippen LogP contribution >= 0.6 is 0 Å². The van der Waals surface area contributed by atoms with Crippen LogP contribution in [0, 0.1) is 11.8 Å². The van der Waals surface area contributed by atoms with Gasteiger partial charge in [0.15, 0.2) is 0 Å².